The Balaban J connectivity index is 1.57. The maximum atomic E-state index is 12.5. The van der Waals surface area contributed by atoms with Gasteiger partial charge >= 0.3 is 0 Å². The minimum atomic E-state index is -0.323. The van der Waals surface area contributed by atoms with Gasteiger partial charge in [-0.3, -0.25) is 4.79 Å². The molecular formula is C18H16Cl3N5O3. The number of rotatable bonds is 8. The van der Waals surface area contributed by atoms with Gasteiger partial charge in [-0.25, -0.2) is 0 Å². The second-order valence-electron chi connectivity index (χ2n) is 5.79. The van der Waals surface area contributed by atoms with Crippen molar-refractivity contribution in [1.29, 1.82) is 0 Å². The van der Waals surface area contributed by atoms with Crippen LogP contribution in [0.5, 0.6) is 11.5 Å². The number of ether oxygens (including phenoxy) is 2. The minimum absolute atomic E-state index is 0.302. The van der Waals surface area contributed by atoms with Crippen molar-refractivity contribution in [3.05, 3.63) is 57.3 Å². The SMILES string of the molecule is COc1cc(-n2cnnn2)c(Cl)cc1C(=O)NCCCOc1ccc(Cl)cc1Cl. The van der Waals surface area contributed by atoms with Crippen LogP contribution in [0.4, 0.5) is 0 Å². The van der Waals surface area contributed by atoms with E-state index in [0.717, 1.165) is 0 Å². The van der Waals surface area contributed by atoms with Crippen LogP contribution in [-0.2, 0) is 0 Å². The van der Waals surface area contributed by atoms with Crippen LogP contribution in [0.2, 0.25) is 15.1 Å². The Hall–Kier alpha value is -2.55. The van der Waals surface area contributed by atoms with E-state index in [4.69, 9.17) is 44.3 Å². The largest absolute Gasteiger partial charge is 0.496 e. The number of hydrogen-bond acceptors (Lipinski definition) is 6. The summed E-state index contributed by atoms with van der Waals surface area (Å²) in [6.07, 6.45) is 1.97. The number of amides is 1. The lowest BCUT2D eigenvalue weighted by Crippen LogP contribution is -2.26. The molecule has 0 bridgehead atoms. The predicted molar refractivity (Wildman–Crippen MR) is 110 cm³/mol. The van der Waals surface area contributed by atoms with Crippen molar-refractivity contribution in [1.82, 2.24) is 25.5 Å². The van der Waals surface area contributed by atoms with E-state index in [1.54, 1.807) is 24.3 Å². The monoisotopic (exact) mass is 455 g/mol. The summed E-state index contributed by atoms with van der Waals surface area (Å²) in [5.74, 6) is 0.562. The minimum Gasteiger partial charge on any atom is -0.496 e. The molecule has 2 aromatic carbocycles. The summed E-state index contributed by atoms with van der Waals surface area (Å²) >= 11 is 18.2. The number of tetrazole rings is 1. The number of nitrogens with one attached hydrogen (secondary N) is 1. The van der Waals surface area contributed by atoms with E-state index in [9.17, 15) is 4.79 Å². The van der Waals surface area contributed by atoms with E-state index in [1.807, 2.05) is 0 Å². The van der Waals surface area contributed by atoms with Gasteiger partial charge in [0.25, 0.3) is 5.91 Å². The predicted octanol–water partition coefficient (Wildman–Crippen LogP) is 3.83. The average Bonchev–Trinajstić information content (AvgIpc) is 3.23. The topological polar surface area (TPSA) is 91.2 Å². The lowest BCUT2D eigenvalue weighted by Gasteiger charge is -2.13. The Morgan fingerprint density at radius 3 is 2.66 bits per heavy atom. The molecule has 0 saturated carbocycles. The molecule has 1 N–H and O–H groups in total. The summed E-state index contributed by atoms with van der Waals surface area (Å²) in [6, 6.07) is 8.10. The van der Waals surface area contributed by atoms with E-state index in [-0.39, 0.29) is 5.91 Å². The number of benzene rings is 2. The molecule has 0 unspecified atom stereocenters. The van der Waals surface area contributed by atoms with E-state index in [2.05, 4.69) is 20.8 Å². The van der Waals surface area contributed by atoms with Crippen LogP contribution in [0.15, 0.2) is 36.7 Å². The number of carbonyl (C=O) groups is 1. The second-order valence-corrected chi connectivity index (χ2v) is 7.04. The molecule has 0 saturated heterocycles. The van der Waals surface area contributed by atoms with Gasteiger partial charge in [0.15, 0.2) is 0 Å². The average molecular weight is 457 g/mol. The fourth-order valence-corrected chi connectivity index (χ4v) is 3.19. The second kappa shape index (κ2) is 9.78. The van der Waals surface area contributed by atoms with Gasteiger partial charge in [0.2, 0.25) is 0 Å². The summed E-state index contributed by atoms with van der Waals surface area (Å²) in [5.41, 5.74) is 0.800. The Morgan fingerprint density at radius 1 is 1.14 bits per heavy atom. The van der Waals surface area contributed by atoms with Crippen molar-refractivity contribution >= 4 is 40.7 Å². The van der Waals surface area contributed by atoms with Gasteiger partial charge in [-0.1, -0.05) is 34.8 Å². The molecule has 0 radical (unpaired) electrons. The van der Waals surface area contributed by atoms with E-state index in [0.29, 0.717) is 57.4 Å². The Kier molecular flexibility index (Phi) is 7.13. The number of methoxy groups -OCH3 is 1. The zero-order valence-electron chi connectivity index (χ0n) is 15.2. The van der Waals surface area contributed by atoms with Gasteiger partial charge in [-0.2, -0.15) is 4.68 Å². The fraction of sp³-hybridized carbons (Fsp3) is 0.222. The lowest BCUT2D eigenvalue weighted by atomic mass is 10.1. The molecule has 8 nitrogen and oxygen atoms in total. The van der Waals surface area contributed by atoms with E-state index >= 15 is 0 Å². The van der Waals surface area contributed by atoms with Gasteiger partial charge in [0, 0.05) is 17.6 Å². The molecule has 11 heteroatoms. The highest BCUT2D eigenvalue weighted by atomic mass is 35.5. The third kappa shape index (κ3) is 5.29. The van der Waals surface area contributed by atoms with Crippen LogP contribution in [0, 0.1) is 0 Å². The summed E-state index contributed by atoms with van der Waals surface area (Å²) in [5, 5.41) is 15.0. The van der Waals surface area contributed by atoms with E-state index in [1.165, 1.54) is 24.2 Å². The van der Waals surface area contributed by atoms with Gasteiger partial charge in [-0.05, 0) is 41.1 Å². The fourth-order valence-electron chi connectivity index (χ4n) is 2.48. The molecule has 3 aromatic rings. The molecule has 1 heterocycles. The normalized spacial score (nSPS) is 10.6. The zero-order chi connectivity index (χ0) is 20.8. The molecular weight excluding hydrogens is 441 g/mol. The number of aromatic nitrogens is 4. The number of hydrogen-bond donors (Lipinski definition) is 1. The van der Waals surface area contributed by atoms with Crippen molar-refractivity contribution in [3.8, 4) is 17.2 Å². The molecule has 0 aliphatic heterocycles. The van der Waals surface area contributed by atoms with Crippen LogP contribution in [0.25, 0.3) is 5.69 Å². The molecule has 0 spiro atoms. The van der Waals surface area contributed by atoms with Crippen molar-refractivity contribution in [2.45, 2.75) is 6.42 Å². The molecule has 3 rings (SSSR count). The van der Waals surface area contributed by atoms with Crippen LogP contribution in [0.1, 0.15) is 16.8 Å². The number of carbonyl (C=O) groups excluding carboxylic acids is 1. The maximum absolute atomic E-state index is 12.5. The summed E-state index contributed by atoms with van der Waals surface area (Å²) in [4.78, 5) is 12.5. The first kappa shape index (κ1) is 21.2. The Bertz CT molecular complexity index is 999. The van der Waals surface area contributed by atoms with Gasteiger partial charge in [0.1, 0.15) is 17.8 Å². The quantitative estimate of drug-likeness (QED) is 0.518. The number of nitrogens with zero attached hydrogens (tertiary/aromatic N) is 4. The highest BCUT2D eigenvalue weighted by molar-refractivity contribution is 6.35. The Morgan fingerprint density at radius 2 is 1.97 bits per heavy atom. The highest BCUT2D eigenvalue weighted by Crippen LogP contribution is 2.29. The van der Waals surface area contributed by atoms with Crippen molar-refractivity contribution in [3.63, 3.8) is 0 Å². The van der Waals surface area contributed by atoms with Gasteiger partial charge in [-0.15, -0.1) is 5.10 Å². The Labute approximate surface area is 181 Å². The first-order valence-corrected chi connectivity index (χ1v) is 9.60. The van der Waals surface area contributed by atoms with Crippen molar-refractivity contribution < 1.29 is 14.3 Å². The first-order valence-electron chi connectivity index (χ1n) is 8.46. The zero-order valence-corrected chi connectivity index (χ0v) is 17.5. The van der Waals surface area contributed by atoms with Gasteiger partial charge in [0.05, 0.1) is 35.0 Å². The van der Waals surface area contributed by atoms with Crippen LogP contribution in [0.3, 0.4) is 0 Å². The summed E-state index contributed by atoms with van der Waals surface area (Å²) in [7, 11) is 1.47. The maximum Gasteiger partial charge on any atom is 0.255 e. The van der Waals surface area contributed by atoms with Crippen LogP contribution >= 0.6 is 34.8 Å². The third-order valence-electron chi connectivity index (χ3n) is 3.87. The molecule has 1 amide bonds. The molecule has 0 atom stereocenters. The molecule has 0 aliphatic carbocycles. The molecule has 29 heavy (non-hydrogen) atoms. The van der Waals surface area contributed by atoms with Crippen molar-refractivity contribution in [2.75, 3.05) is 20.3 Å². The molecule has 0 aliphatic rings. The van der Waals surface area contributed by atoms with Gasteiger partial charge < -0.3 is 14.8 Å². The lowest BCUT2D eigenvalue weighted by molar-refractivity contribution is 0.0948. The highest BCUT2D eigenvalue weighted by Gasteiger charge is 2.17. The van der Waals surface area contributed by atoms with Crippen LogP contribution < -0.4 is 14.8 Å². The standard InChI is InChI=1S/C18H16Cl3N5O3/c1-28-17-9-15(26-10-23-24-25-26)13(20)8-12(17)18(27)22-5-2-6-29-16-4-3-11(19)7-14(16)21/h3-4,7-10H,2,5-6H2,1H3,(H,22,27). The molecule has 152 valence electrons. The molecule has 1 aromatic heterocycles. The first-order chi connectivity index (χ1) is 14.0. The van der Waals surface area contributed by atoms with Crippen LogP contribution in [-0.4, -0.2) is 46.4 Å². The summed E-state index contributed by atoms with van der Waals surface area (Å²) < 4.78 is 12.3. The van der Waals surface area contributed by atoms with Crippen molar-refractivity contribution in [2.24, 2.45) is 0 Å². The third-order valence-corrected chi connectivity index (χ3v) is 4.70. The van der Waals surface area contributed by atoms with E-state index < -0.39 is 0 Å². The smallest absolute Gasteiger partial charge is 0.255 e. The molecule has 0 fully saturated rings. The number of halogens is 3. The summed E-state index contributed by atoms with van der Waals surface area (Å²) in [6.45, 7) is 0.761.